The van der Waals surface area contributed by atoms with Crippen molar-refractivity contribution >= 4 is 16.8 Å². The van der Waals surface area contributed by atoms with Gasteiger partial charge in [0.2, 0.25) is 0 Å². The summed E-state index contributed by atoms with van der Waals surface area (Å²) in [6.07, 6.45) is 3.70. The fraction of sp³-hybridized carbons (Fsp3) is 0.333. The summed E-state index contributed by atoms with van der Waals surface area (Å²) in [5.41, 5.74) is 4.19. The Bertz CT molecular complexity index is 1030. The second kappa shape index (κ2) is 6.46. The van der Waals surface area contributed by atoms with Gasteiger partial charge in [0.15, 0.2) is 0 Å². The first-order valence-electron chi connectivity index (χ1n) is 9.08. The van der Waals surface area contributed by atoms with Crippen LogP contribution in [0.5, 0.6) is 0 Å². The average molecular weight is 367 g/mol. The van der Waals surface area contributed by atoms with Crippen LogP contribution in [0.3, 0.4) is 0 Å². The third-order valence-corrected chi connectivity index (χ3v) is 6.08. The number of rotatable bonds is 3. The van der Waals surface area contributed by atoms with Crippen molar-refractivity contribution in [1.29, 1.82) is 0 Å². The fourth-order valence-electron chi connectivity index (χ4n) is 4.57. The number of aromatic nitrogens is 2. The molecular weight excluding hydrogens is 345 g/mol. The highest BCUT2D eigenvalue weighted by Crippen LogP contribution is 2.49. The summed E-state index contributed by atoms with van der Waals surface area (Å²) in [5, 5.41) is 14.7. The third-order valence-electron chi connectivity index (χ3n) is 6.08. The van der Waals surface area contributed by atoms with Crippen molar-refractivity contribution in [3.8, 4) is 0 Å². The van der Waals surface area contributed by atoms with Crippen molar-refractivity contribution in [2.45, 2.75) is 37.5 Å². The minimum atomic E-state index is -0.935. The van der Waals surface area contributed by atoms with E-state index in [1.165, 1.54) is 6.07 Å². The molecule has 2 atom stereocenters. The molecule has 1 heterocycles. The molecule has 1 saturated carbocycles. The lowest BCUT2D eigenvalue weighted by atomic mass is 9.75. The van der Waals surface area contributed by atoms with Gasteiger partial charge in [-0.1, -0.05) is 18.2 Å². The van der Waals surface area contributed by atoms with E-state index in [9.17, 15) is 14.4 Å². The maximum Gasteiger partial charge on any atom is 0.254 e. The predicted octanol–water partition coefficient (Wildman–Crippen LogP) is 3.73. The number of carbonyl (C=O) groups excluding carboxylic acids is 1. The van der Waals surface area contributed by atoms with E-state index in [1.807, 2.05) is 29.5 Å². The Kier molecular flexibility index (Phi) is 4.23. The summed E-state index contributed by atoms with van der Waals surface area (Å²) in [6.45, 7) is 1.69. The highest BCUT2D eigenvalue weighted by atomic mass is 19.1. The molecule has 0 spiro atoms. The number of hydrogen-bond acceptors (Lipinski definition) is 3. The summed E-state index contributed by atoms with van der Waals surface area (Å²) < 4.78 is 16.0. The minimum Gasteiger partial charge on any atom is -0.289 e. The van der Waals surface area contributed by atoms with Crippen LogP contribution in [-0.4, -0.2) is 20.9 Å². The quantitative estimate of drug-likeness (QED) is 0.547. The van der Waals surface area contributed by atoms with Crippen LogP contribution in [-0.2, 0) is 17.3 Å². The lowest BCUT2D eigenvalue weighted by Gasteiger charge is -2.29. The maximum absolute atomic E-state index is 14.2. The van der Waals surface area contributed by atoms with Gasteiger partial charge in [-0.2, -0.15) is 5.10 Å². The molecule has 0 aliphatic heterocycles. The minimum absolute atomic E-state index is 0.148. The van der Waals surface area contributed by atoms with Crippen LogP contribution < -0.4 is 5.48 Å². The standard InChI is InChI=1S/C21H22FN3O2/c1-13-17(4-3-5-18(13)22)21(20(26)24-27)9-8-15(11-21)14-6-7-19-16(10-14)12-23-25(19)2/h3-7,10,12,15,27H,8-9,11H2,1-2H3,(H,24,26). The molecular formula is C21H22FN3O2. The molecule has 2 N–H and O–H groups in total. The van der Waals surface area contributed by atoms with E-state index in [2.05, 4.69) is 17.2 Å². The number of fused-ring (bicyclic) bond motifs is 1. The monoisotopic (exact) mass is 367 g/mol. The number of hydrogen-bond donors (Lipinski definition) is 2. The van der Waals surface area contributed by atoms with Gasteiger partial charge in [0.1, 0.15) is 5.82 Å². The molecule has 4 rings (SSSR count). The van der Waals surface area contributed by atoms with Gasteiger partial charge < -0.3 is 0 Å². The molecule has 1 aliphatic rings. The number of hydroxylamine groups is 1. The molecule has 27 heavy (non-hydrogen) atoms. The van der Waals surface area contributed by atoms with Gasteiger partial charge in [0.25, 0.3) is 5.91 Å². The van der Waals surface area contributed by atoms with E-state index < -0.39 is 11.3 Å². The second-order valence-electron chi connectivity index (χ2n) is 7.46. The van der Waals surface area contributed by atoms with E-state index in [0.717, 1.165) is 22.9 Å². The van der Waals surface area contributed by atoms with Gasteiger partial charge in [-0.05, 0) is 67.0 Å². The predicted molar refractivity (Wildman–Crippen MR) is 100 cm³/mol. The van der Waals surface area contributed by atoms with Crippen molar-refractivity contribution < 1.29 is 14.4 Å². The number of carbonyl (C=O) groups is 1. The molecule has 5 nitrogen and oxygen atoms in total. The normalized spacial score (nSPS) is 22.3. The van der Waals surface area contributed by atoms with E-state index in [1.54, 1.807) is 19.1 Å². The van der Waals surface area contributed by atoms with Crippen molar-refractivity contribution in [3.63, 3.8) is 0 Å². The van der Waals surface area contributed by atoms with Crippen molar-refractivity contribution in [3.05, 3.63) is 65.1 Å². The van der Waals surface area contributed by atoms with E-state index in [4.69, 9.17) is 0 Å². The largest absolute Gasteiger partial charge is 0.289 e. The van der Waals surface area contributed by atoms with Crippen molar-refractivity contribution in [2.75, 3.05) is 0 Å². The summed E-state index contributed by atoms with van der Waals surface area (Å²) in [4.78, 5) is 12.7. The molecule has 1 aliphatic carbocycles. The zero-order chi connectivity index (χ0) is 19.2. The van der Waals surface area contributed by atoms with E-state index in [-0.39, 0.29) is 11.7 Å². The fourth-order valence-corrected chi connectivity index (χ4v) is 4.57. The Morgan fingerprint density at radius 1 is 1.37 bits per heavy atom. The molecule has 0 saturated heterocycles. The Morgan fingerprint density at radius 2 is 2.19 bits per heavy atom. The maximum atomic E-state index is 14.2. The molecule has 1 aromatic heterocycles. The van der Waals surface area contributed by atoms with E-state index in [0.29, 0.717) is 24.0 Å². The van der Waals surface area contributed by atoms with Gasteiger partial charge in [-0.15, -0.1) is 0 Å². The molecule has 1 fully saturated rings. The molecule has 0 bridgehead atoms. The third kappa shape index (κ3) is 2.72. The summed E-state index contributed by atoms with van der Waals surface area (Å²) in [5.74, 6) is -0.659. The summed E-state index contributed by atoms with van der Waals surface area (Å²) >= 11 is 0. The highest BCUT2D eigenvalue weighted by Gasteiger charge is 2.48. The number of amides is 1. The topological polar surface area (TPSA) is 67.2 Å². The van der Waals surface area contributed by atoms with Gasteiger partial charge in [0, 0.05) is 12.4 Å². The number of nitrogens with one attached hydrogen (secondary N) is 1. The average Bonchev–Trinajstić information content (AvgIpc) is 3.28. The Hall–Kier alpha value is -2.73. The van der Waals surface area contributed by atoms with Crippen LogP contribution >= 0.6 is 0 Å². The first kappa shape index (κ1) is 17.7. The van der Waals surface area contributed by atoms with Crippen LogP contribution in [0.15, 0.2) is 42.6 Å². The van der Waals surface area contributed by atoms with Crippen molar-refractivity contribution in [1.82, 2.24) is 15.3 Å². The number of nitrogens with zero attached hydrogens (tertiary/aromatic N) is 2. The van der Waals surface area contributed by atoms with Crippen molar-refractivity contribution in [2.24, 2.45) is 7.05 Å². The van der Waals surface area contributed by atoms with E-state index >= 15 is 0 Å². The summed E-state index contributed by atoms with van der Waals surface area (Å²) in [7, 11) is 1.90. The molecule has 1 amide bonds. The van der Waals surface area contributed by atoms with Gasteiger partial charge in [-0.3, -0.25) is 14.7 Å². The SMILES string of the molecule is Cc1c(F)cccc1C1(C(=O)NO)CCC(c2ccc3c(cnn3C)c2)C1. The summed E-state index contributed by atoms with van der Waals surface area (Å²) in [6, 6.07) is 11.0. The van der Waals surface area contributed by atoms with Gasteiger partial charge in [-0.25, -0.2) is 9.87 Å². The first-order valence-corrected chi connectivity index (χ1v) is 9.08. The molecule has 2 unspecified atom stereocenters. The molecule has 140 valence electrons. The number of benzene rings is 2. The van der Waals surface area contributed by atoms with Crippen LogP contribution in [0, 0.1) is 12.7 Å². The zero-order valence-corrected chi connectivity index (χ0v) is 15.4. The Balaban J connectivity index is 1.75. The second-order valence-corrected chi connectivity index (χ2v) is 7.46. The zero-order valence-electron chi connectivity index (χ0n) is 15.4. The lowest BCUT2D eigenvalue weighted by molar-refractivity contribution is -0.135. The van der Waals surface area contributed by atoms with Gasteiger partial charge in [0.05, 0.1) is 17.1 Å². The van der Waals surface area contributed by atoms with Crippen LogP contribution in [0.25, 0.3) is 10.9 Å². The molecule has 3 aromatic rings. The first-order chi connectivity index (χ1) is 13.0. The smallest absolute Gasteiger partial charge is 0.254 e. The molecule has 6 heteroatoms. The van der Waals surface area contributed by atoms with Crippen LogP contribution in [0.4, 0.5) is 4.39 Å². The van der Waals surface area contributed by atoms with Crippen LogP contribution in [0.1, 0.15) is 41.9 Å². The highest BCUT2D eigenvalue weighted by molar-refractivity contribution is 5.88. The number of aryl methyl sites for hydroxylation is 1. The Morgan fingerprint density at radius 3 is 2.96 bits per heavy atom. The Labute approximate surface area is 156 Å². The lowest BCUT2D eigenvalue weighted by Crippen LogP contribution is -2.42. The molecule has 0 radical (unpaired) electrons. The molecule has 2 aromatic carbocycles. The van der Waals surface area contributed by atoms with Crippen LogP contribution in [0.2, 0.25) is 0 Å². The van der Waals surface area contributed by atoms with Gasteiger partial charge >= 0.3 is 0 Å². The number of halogens is 1.